The van der Waals surface area contributed by atoms with E-state index in [1.165, 1.54) is 18.2 Å². The van der Waals surface area contributed by atoms with Crippen molar-refractivity contribution < 1.29 is 9.18 Å². The van der Waals surface area contributed by atoms with Crippen LogP contribution in [0.25, 0.3) is 0 Å². The van der Waals surface area contributed by atoms with Crippen LogP contribution in [0.5, 0.6) is 0 Å². The highest BCUT2D eigenvalue weighted by Gasteiger charge is 2.26. The number of rotatable bonds is 3. The Morgan fingerprint density at radius 2 is 2.00 bits per heavy atom. The Balaban J connectivity index is 3.12. The minimum absolute atomic E-state index is 0.0774. The van der Waals surface area contributed by atoms with Gasteiger partial charge in [-0.05, 0) is 24.6 Å². The highest BCUT2D eigenvalue weighted by Crippen LogP contribution is 2.27. The highest BCUT2D eigenvalue weighted by atomic mass is 35.5. The van der Waals surface area contributed by atoms with Crippen molar-refractivity contribution in [1.82, 2.24) is 0 Å². The molecule has 0 radical (unpaired) electrons. The van der Waals surface area contributed by atoms with E-state index < -0.39 is 11.2 Å². The lowest BCUT2D eigenvalue weighted by atomic mass is 9.82. The Labute approximate surface area is 94.3 Å². The molecule has 0 heterocycles. The lowest BCUT2D eigenvalue weighted by molar-refractivity contribution is 0.0832. The molecule has 0 unspecified atom stereocenters. The zero-order valence-electron chi connectivity index (χ0n) is 9.10. The molecule has 0 amide bonds. The summed E-state index contributed by atoms with van der Waals surface area (Å²) in [5, 5.41) is 0.255. The first-order chi connectivity index (χ1) is 6.86. The fourth-order valence-electron chi connectivity index (χ4n) is 1.24. The van der Waals surface area contributed by atoms with Gasteiger partial charge in [0.25, 0.3) is 0 Å². The van der Waals surface area contributed by atoms with E-state index in [0.29, 0.717) is 12.0 Å². The minimum Gasteiger partial charge on any atom is -0.294 e. The Bertz CT molecular complexity index is 365. The summed E-state index contributed by atoms with van der Waals surface area (Å²) in [6, 6.07) is 3.92. The van der Waals surface area contributed by atoms with Gasteiger partial charge in [0.1, 0.15) is 5.82 Å². The Morgan fingerprint density at radius 3 is 2.47 bits per heavy atom. The van der Waals surface area contributed by atoms with Gasteiger partial charge >= 0.3 is 0 Å². The van der Waals surface area contributed by atoms with Crippen LogP contribution in [0.15, 0.2) is 18.2 Å². The normalized spacial score (nSPS) is 11.5. The molecule has 0 aliphatic rings. The van der Waals surface area contributed by atoms with E-state index in [0.717, 1.165) is 0 Å². The molecule has 1 aromatic rings. The van der Waals surface area contributed by atoms with Gasteiger partial charge in [-0.3, -0.25) is 4.79 Å². The Kier molecular flexibility index (Phi) is 3.50. The van der Waals surface area contributed by atoms with Gasteiger partial charge in [-0.2, -0.15) is 0 Å². The van der Waals surface area contributed by atoms with Crippen LogP contribution in [0, 0.1) is 11.2 Å². The molecule has 3 heteroatoms. The number of Topliss-reactive ketones (excluding diaryl/α,β-unsaturated/α-hetero) is 1. The maximum Gasteiger partial charge on any atom is 0.168 e. The predicted octanol–water partition coefficient (Wildman–Crippen LogP) is 4.10. The fourth-order valence-corrected chi connectivity index (χ4v) is 1.46. The zero-order valence-corrected chi connectivity index (χ0v) is 9.86. The van der Waals surface area contributed by atoms with E-state index in [2.05, 4.69) is 0 Å². The molecule has 0 aliphatic carbocycles. The van der Waals surface area contributed by atoms with Crippen molar-refractivity contribution >= 4 is 17.4 Å². The maximum atomic E-state index is 13.0. The van der Waals surface area contributed by atoms with Crippen molar-refractivity contribution in [2.24, 2.45) is 5.41 Å². The van der Waals surface area contributed by atoms with E-state index in [1.54, 1.807) is 0 Å². The monoisotopic (exact) mass is 228 g/mol. The average Bonchev–Trinajstić information content (AvgIpc) is 2.15. The molecule has 0 aromatic heterocycles. The summed E-state index contributed by atoms with van der Waals surface area (Å²) in [6.07, 6.45) is 0.708. The summed E-state index contributed by atoms with van der Waals surface area (Å²) in [5.74, 6) is -0.552. The molecule has 0 bridgehead atoms. The van der Waals surface area contributed by atoms with Crippen molar-refractivity contribution in [2.45, 2.75) is 27.2 Å². The molecule has 1 aromatic carbocycles. The number of carbonyl (C=O) groups is 1. The smallest absolute Gasteiger partial charge is 0.168 e. The predicted molar refractivity (Wildman–Crippen MR) is 59.8 cm³/mol. The second kappa shape index (κ2) is 4.31. The van der Waals surface area contributed by atoms with Crippen molar-refractivity contribution in [3.8, 4) is 0 Å². The molecule has 1 nitrogen and oxygen atoms in total. The highest BCUT2D eigenvalue weighted by molar-refractivity contribution is 6.31. The molecule has 15 heavy (non-hydrogen) atoms. The topological polar surface area (TPSA) is 17.1 Å². The van der Waals surface area contributed by atoms with Gasteiger partial charge in [-0.25, -0.2) is 4.39 Å². The second-order valence-corrected chi connectivity index (χ2v) is 4.66. The van der Waals surface area contributed by atoms with Crippen LogP contribution in [0.3, 0.4) is 0 Å². The first kappa shape index (κ1) is 12.2. The number of carbonyl (C=O) groups excluding carboxylic acids is 1. The van der Waals surface area contributed by atoms with E-state index in [9.17, 15) is 9.18 Å². The van der Waals surface area contributed by atoms with Gasteiger partial charge in [0.15, 0.2) is 5.78 Å². The third-order valence-corrected chi connectivity index (χ3v) is 2.84. The molecule has 0 saturated heterocycles. The SMILES string of the molecule is CCC(C)(C)C(=O)c1cc(F)cc(Cl)c1. The van der Waals surface area contributed by atoms with Crippen molar-refractivity contribution in [3.05, 3.63) is 34.6 Å². The number of hydrogen-bond donors (Lipinski definition) is 0. The maximum absolute atomic E-state index is 13.0. The van der Waals surface area contributed by atoms with Crippen molar-refractivity contribution in [1.29, 1.82) is 0 Å². The van der Waals surface area contributed by atoms with Crippen LogP contribution in [-0.4, -0.2) is 5.78 Å². The van der Waals surface area contributed by atoms with Crippen LogP contribution in [0.1, 0.15) is 37.6 Å². The molecule has 82 valence electrons. The van der Waals surface area contributed by atoms with Crippen LogP contribution >= 0.6 is 11.6 Å². The third kappa shape index (κ3) is 2.78. The summed E-state index contributed by atoms with van der Waals surface area (Å²) >= 11 is 5.70. The zero-order chi connectivity index (χ0) is 11.6. The number of halogens is 2. The third-order valence-electron chi connectivity index (χ3n) is 2.62. The molecule has 0 saturated carbocycles. The summed E-state index contributed by atoms with van der Waals surface area (Å²) in [5.41, 5.74) is -0.135. The van der Waals surface area contributed by atoms with Crippen LogP contribution in [0.4, 0.5) is 4.39 Å². The summed E-state index contributed by atoms with van der Waals surface area (Å²) in [4.78, 5) is 12.0. The quantitative estimate of drug-likeness (QED) is 0.712. The van der Waals surface area contributed by atoms with Crippen LogP contribution < -0.4 is 0 Å². The molecule has 0 N–H and O–H groups in total. The van der Waals surface area contributed by atoms with Gasteiger partial charge < -0.3 is 0 Å². The van der Waals surface area contributed by atoms with Gasteiger partial charge in [0.05, 0.1) is 0 Å². The number of hydrogen-bond acceptors (Lipinski definition) is 1. The van der Waals surface area contributed by atoms with E-state index >= 15 is 0 Å². The fraction of sp³-hybridized carbons (Fsp3) is 0.417. The van der Waals surface area contributed by atoms with Crippen LogP contribution in [0.2, 0.25) is 5.02 Å². The minimum atomic E-state index is -0.475. The molecule has 0 atom stereocenters. The molecule has 1 rings (SSSR count). The van der Waals surface area contributed by atoms with Gasteiger partial charge in [0.2, 0.25) is 0 Å². The molecular weight excluding hydrogens is 215 g/mol. The second-order valence-electron chi connectivity index (χ2n) is 4.22. The van der Waals surface area contributed by atoms with E-state index in [-0.39, 0.29) is 10.8 Å². The van der Waals surface area contributed by atoms with Crippen LogP contribution in [-0.2, 0) is 0 Å². The molecule has 0 fully saturated rings. The van der Waals surface area contributed by atoms with Crippen molar-refractivity contribution in [2.75, 3.05) is 0 Å². The lowest BCUT2D eigenvalue weighted by Crippen LogP contribution is -2.23. The molecule has 0 aliphatic heterocycles. The first-order valence-corrected chi connectivity index (χ1v) is 5.25. The number of benzene rings is 1. The first-order valence-electron chi connectivity index (χ1n) is 4.87. The van der Waals surface area contributed by atoms with Crippen molar-refractivity contribution in [3.63, 3.8) is 0 Å². The van der Waals surface area contributed by atoms with Gasteiger partial charge in [-0.1, -0.05) is 32.4 Å². The summed E-state index contributed by atoms with van der Waals surface area (Å²) < 4.78 is 13.0. The largest absolute Gasteiger partial charge is 0.294 e. The van der Waals surface area contributed by atoms with E-state index in [1.807, 2.05) is 20.8 Å². The standard InChI is InChI=1S/C12H14ClFO/c1-4-12(2,3)11(15)8-5-9(13)7-10(14)6-8/h5-7H,4H2,1-3H3. The molecule has 0 spiro atoms. The van der Waals surface area contributed by atoms with Gasteiger partial charge in [-0.15, -0.1) is 0 Å². The summed E-state index contributed by atoms with van der Waals surface area (Å²) in [6.45, 7) is 5.61. The Hall–Kier alpha value is -0.890. The lowest BCUT2D eigenvalue weighted by Gasteiger charge is -2.20. The molecular formula is C12H14ClFO. The summed E-state index contributed by atoms with van der Waals surface area (Å²) in [7, 11) is 0. The number of ketones is 1. The van der Waals surface area contributed by atoms with Gasteiger partial charge in [0, 0.05) is 16.0 Å². The van der Waals surface area contributed by atoms with E-state index in [4.69, 9.17) is 11.6 Å². The Morgan fingerprint density at radius 1 is 1.40 bits per heavy atom. The average molecular weight is 229 g/mol.